The molecule has 0 aliphatic heterocycles. The number of ketones is 1. The van der Waals surface area contributed by atoms with Gasteiger partial charge in [-0.2, -0.15) is 0 Å². The smallest absolute Gasteiger partial charge is 0.270 e. The summed E-state index contributed by atoms with van der Waals surface area (Å²) < 4.78 is 7.97. The molecule has 22 heavy (non-hydrogen) atoms. The van der Waals surface area contributed by atoms with Gasteiger partial charge >= 0.3 is 0 Å². The molecule has 5 heteroatoms. The van der Waals surface area contributed by atoms with Crippen molar-refractivity contribution in [1.82, 2.24) is 0 Å². The van der Waals surface area contributed by atoms with Gasteiger partial charge < -0.3 is 5.11 Å². The molecule has 0 saturated heterocycles. The van der Waals surface area contributed by atoms with E-state index in [0.717, 1.165) is 5.56 Å². The van der Waals surface area contributed by atoms with Crippen molar-refractivity contribution in [3.63, 3.8) is 0 Å². The van der Waals surface area contributed by atoms with Crippen LogP contribution in [-0.4, -0.2) is 21.9 Å². The van der Waals surface area contributed by atoms with Gasteiger partial charge in [0.25, 0.3) is 5.69 Å². The third-order valence-corrected chi connectivity index (χ3v) is 3.24. The molecule has 0 aliphatic carbocycles. The zero-order valence-electron chi connectivity index (χ0n) is 12.9. The van der Waals surface area contributed by atoms with Gasteiger partial charge in [-0.05, 0) is 18.4 Å². The lowest BCUT2D eigenvalue weighted by atomic mass is 10.00. The van der Waals surface area contributed by atoms with Crippen LogP contribution in [-0.2, 0) is 6.42 Å². The van der Waals surface area contributed by atoms with Gasteiger partial charge in [-0.15, -0.1) is 0 Å². The quantitative estimate of drug-likeness (QED) is 0.484. The van der Waals surface area contributed by atoms with Gasteiger partial charge in [0.1, 0.15) is 0 Å². The van der Waals surface area contributed by atoms with Crippen LogP contribution in [0.4, 0.5) is 5.69 Å². The molecule has 0 spiro atoms. The minimum Gasteiger partial charge on any atom is -0.393 e. The molecule has 0 unspecified atom stereocenters. The standard InChI is InChI=1S/C17H17NO4/c19-16(10-9-13-5-2-1-3-6-13)12-17(20)14-7-4-8-15(11-14)18(21)22/h1-8,11,16,19H,9-10,12H2/t16-/m1/s1/i10D/t10-,16+/m0. The molecule has 2 rings (SSSR count). The van der Waals surface area contributed by atoms with E-state index < -0.39 is 23.2 Å². The second-order valence-corrected chi connectivity index (χ2v) is 4.93. The Labute approximate surface area is 129 Å². The zero-order chi connectivity index (χ0) is 16.8. The number of hydrogen-bond acceptors (Lipinski definition) is 4. The Balaban J connectivity index is 1.99. The number of aryl methyl sites for hydroxylation is 1. The van der Waals surface area contributed by atoms with Gasteiger partial charge in [-0.3, -0.25) is 14.9 Å². The fourth-order valence-electron chi connectivity index (χ4n) is 2.07. The number of rotatable bonds is 7. The molecular weight excluding hydrogens is 282 g/mol. The van der Waals surface area contributed by atoms with Crippen LogP contribution in [0.25, 0.3) is 0 Å². The Morgan fingerprint density at radius 3 is 2.64 bits per heavy atom. The molecule has 0 radical (unpaired) electrons. The van der Waals surface area contributed by atoms with Gasteiger partial charge in [0.2, 0.25) is 0 Å². The van der Waals surface area contributed by atoms with E-state index in [9.17, 15) is 20.0 Å². The summed E-state index contributed by atoms with van der Waals surface area (Å²) in [6.07, 6.45) is -1.85. The lowest BCUT2D eigenvalue weighted by Crippen LogP contribution is -2.14. The lowest BCUT2D eigenvalue weighted by molar-refractivity contribution is -0.384. The third kappa shape index (κ3) is 4.49. The maximum Gasteiger partial charge on any atom is 0.270 e. The number of benzene rings is 2. The van der Waals surface area contributed by atoms with E-state index in [1.165, 1.54) is 24.3 Å². The monoisotopic (exact) mass is 300 g/mol. The topological polar surface area (TPSA) is 80.4 Å². The van der Waals surface area contributed by atoms with Crippen LogP contribution in [0.1, 0.15) is 30.1 Å². The number of nitro benzene ring substituents is 1. The normalized spacial score (nSPS) is 14.0. The maximum absolute atomic E-state index is 12.1. The predicted octanol–water partition coefficient (Wildman–Crippen LogP) is 3.16. The summed E-state index contributed by atoms with van der Waals surface area (Å²) in [7, 11) is 0. The fourth-order valence-corrected chi connectivity index (χ4v) is 2.07. The van der Waals surface area contributed by atoms with Gasteiger partial charge in [0.05, 0.1) is 11.0 Å². The number of aliphatic hydroxyl groups is 1. The van der Waals surface area contributed by atoms with Gasteiger partial charge in [0.15, 0.2) is 5.78 Å². The molecule has 0 heterocycles. The number of non-ortho nitro benzene ring substituents is 1. The van der Waals surface area contributed by atoms with Crippen LogP contribution >= 0.6 is 0 Å². The van der Waals surface area contributed by atoms with Crippen LogP contribution in [0.2, 0.25) is 0 Å². The highest BCUT2D eigenvalue weighted by molar-refractivity contribution is 5.96. The average Bonchev–Trinajstić information content (AvgIpc) is 2.55. The van der Waals surface area contributed by atoms with E-state index in [-0.39, 0.29) is 17.7 Å². The summed E-state index contributed by atoms with van der Waals surface area (Å²) >= 11 is 0. The average molecular weight is 300 g/mol. The number of Topliss-reactive ketones (excluding diaryl/α,β-unsaturated/α-hetero) is 1. The number of hydrogen-bond donors (Lipinski definition) is 1. The SMILES string of the molecule is [2H][C@@H](Cc1ccccc1)[C@@H](O)CC(=O)c1cccc([N+](=O)[O-])c1. The fraction of sp³-hybridized carbons (Fsp3) is 0.235. The number of aliphatic hydroxyl groups excluding tert-OH is 1. The van der Waals surface area contributed by atoms with Crippen LogP contribution in [0.15, 0.2) is 54.6 Å². The Morgan fingerprint density at radius 1 is 1.23 bits per heavy atom. The predicted molar refractivity (Wildman–Crippen MR) is 82.8 cm³/mol. The van der Waals surface area contributed by atoms with Crippen LogP contribution in [0, 0.1) is 10.1 Å². The summed E-state index contributed by atoms with van der Waals surface area (Å²) in [5.41, 5.74) is 0.913. The molecule has 2 atom stereocenters. The molecule has 1 N–H and O–H groups in total. The Morgan fingerprint density at radius 2 is 1.95 bits per heavy atom. The summed E-state index contributed by atoms with van der Waals surface area (Å²) in [4.78, 5) is 22.3. The van der Waals surface area contributed by atoms with Gasteiger partial charge in [-0.1, -0.05) is 42.5 Å². The first-order chi connectivity index (χ1) is 11.0. The largest absolute Gasteiger partial charge is 0.393 e. The van der Waals surface area contributed by atoms with Crippen molar-refractivity contribution >= 4 is 11.5 Å². The van der Waals surface area contributed by atoms with Crippen molar-refractivity contribution in [2.45, 2.75) is 25.3 Å². The first-order valence-corrected chi connectivity index (χ1v) is 6.89. The first-order valence-electron chi connectivity index (χ1n) is 7.47. The second kappa shape index (κ2) is 7.47. The zero-order valence-corrected chi connectivity index (χ0v) is 11.9. The lowest BCUT2D eigenvalue weighted by Gasteiger charge is -2.10. The van der Waals surface area contributed by atoms with E-state index >= 15 is 0 Å². The maximum atomic E-state index is 12.1. The van der Waals surface area contributed by atoms with Gasteiger partial charge in [-0.25, -0.2) is 0 Å². The van der Waals surface area contributed by atoms with Crippen molar-refractivity contribution in [3.05, 3.63) is 75.8 Å². The molecule has 0 fully saturated rings. The van der Waals surface area contributed by atoms with E-state index in [1.54, 1.807) is 0 Å². The molecule has 0 bridgehead atoms. The van der Waals surface area contributed by atoms with E-state index in [2.05, 4.69) is 0 Å². The minimum atomic E-state index is -1.12. The molecule has 114 valence electrons. The number of carbonyl (C=O) groups excluding carboxylic acids is 1. The second-order valence-electron chi connectivity index (χ2n) is 4.93. The van der Waals surface area contributed by atoms with E-state index in [1.807, 2.05) is 30.3 Å². The van der Waals surface area contributed by atoms with E-state index in [4.69, 9.17) is 1.37 Å². The molecule has 0 saturated carbocycles. The first kappa shape index (κ1) is 14.4. The van der Waals surface area contributed by atoms with Gasteiger partial charge in [0, 0.05) is 25.5 Å². The van der Waals surface area contributed by atoms with E-state index in [0.29, 0.717) is 6.42 Å². The highest BCUT2D eigenvalue weighted by Gasteiger charge is 2.15. The molecule has 0 aromatic heterocycles. The summed E-state index contributed by atoms with van der Waals surface area (Å²) in [5, 5.41) is 20.8. The molecular formula is C17H17NO4. The van der Waals surface area contributed by atoms with Crippen molar-refractivity contribution < 1.29 is 16.2 Å². The van der Waals surface area contributed by atoms with Crippen LogP contribution < -0.4 is 0 Å². The molecule has 2 aromatic carbocycles. The summed E-state index contributed by atoms with van der Waals surface area (Å²) in [6.45, 7) is 0. The van der Waals surface area contributed by atoms with Crippen molar-refractivity contribution in [3.8, 4) is 0 Å². The third-order valence-electron chi connectivity index (χ3n) is 3.24. The van der Waals surface area contributed by atoms with Crippen molar-refractivity contribution in [2.75, 3.05) is 0 Å². The summed E-state index contributed by atoms with van der Waals surface area (Å²) in [6, 6.07) is 14.7. The number of nitro groups is 1. The van der Waals surface area contributed by atoms with Crippen LogP contribution in [0.5, 0.6) is 0 Å². The molecule has 0 amide bonds. The van der Waals surface area contributed by atoms with Crippen molar-refractivity contribution in [1.29, 1.82) is 0 Å². The highest BCUT2D eigenvalue weighted by atomic mass is 16.6. The minimum absolute atomic E-state index is 0.169. The number of nitrogens with zero attached hydrogens (tertiary/aromatic N) is 1. The number of carbonyl (C=O) groups is 1. The molecule has 5 nitrogen and oxygen atoms in total. The summed E-state index contributed by atoms with van der Waals surface area (Å²) in [5.74, 6) is -0.411. The Hall–Kier alpha value is -2.53. The van der Waals surface area contributed by atoms with Crippen LogP contribution in [0.3, 0.4) is 0 Å². The highest BCUT2D eigenvalue weighted by Crippen LogP contribution is 2.16. The van der Waals surface area contributed by atoms with Crippen molar-refractivity contribution in [2.24, 2.45) is 0 Å². The Bertz CT molecular complexity index is 690. The molecule has 0 aliphatic rings. The molecule has 2 aromatic rings. The Kier molecular flexibility index (Phi) is 4.89.